The number of anilines is 1. The number of benzene rings is 2. The number of fused-ring (bicyclic) bond motifs is 1. The number of carbonyl (C=O) groups is 1. The minimum atomic E-state index is -3.66. The first-order valence-electron chi connectivity index (χ1n) is 9.11. The molecule has 0 aliphatic carbocycles. The minimum Gasteiger partial charge on any atom is -0.593 e. The monoisotopic (exact) mass is 385 g/mol. The Balaban J connectivity index is 1.60. The van der Waals surface area contributed by atoms with Crippen molar-refractivity contribution in [3.63, 3.8) is 0 Å². The number of piperidine rings is 1. The molecule has 1 saturated heterocycles. The van der Waals surface area contributed by atoms with Gasteiger partial charge in [-0.15, -0.1) is 4.72 Å². The van der Waals surface area contributed by atoms with Gasteiger partial charge in [-0.25, -0.2) is 0 Å². The number of carbonyl (C=O) groups excluding carboxylic acids is 1. The number of nitrogens with zero attached hydrogens (tertiary/aromatic N) is 1. The zero-order valence-electron chi connectivity index (χ0n) is 15.2. The maximum Gasteiger partial charge on any atom is 0.253 e. The molecule has 0 radical (unpaired) electrons. The van der Waals surface area contributed by atoms with Crippen LogP contribution in [0.25, 0.3) is 0 Å². The lowest BCUT2D eigenvalue weighted by atomic mass is 9.89. The van der Waals surface area contributed by atoms with Crippen molar-refractivity contribution in [1.29, 1.82) is 0 Å². The quantitative estimate of drug-likeness (QED) is 0.739. The van der Waals surface area contributed by atoms with Crippen LogP contribution in [0.1, 0.15) is 28.8 Å². The summed E-state index contributed by atoms with van der Waals surface area (Å²) >= 11 is 0. The normalized spacial score (nSPS) is 27.6. The molecular weight excluding hydrogens is 362 g/mol. The van der Waals surface area contributed by atoms with Gasteiger partial charge in [-0.05, 0) is 44.0 Å². The van der Waals surface area contributed by atoms with Gasteiger partial charge in [0, 0.05) is 25.2 Å². The molecule has 7 heteroatoms. The predicted octanol–water partition coefficient (Wildman–Crippen LogP) is 2.59. The van der Waals surface area contributed by atoms with Crippen molar-refractivity contribution < 1.29 is 13.6 Å². The molecular formula is C20H23N3O3S. The summed E-state index contributed by atoms with van der Waals surface area (Å²) in [5, 5.41) is 3.27. The Kier molecular flexibility index (Phi) is 4.53. The topological polar surface area (TPSA) is 84.5 Å². The number of hydrogen-bond acceptors (Lipinski definition) is 4. The second-order valence-corrected chi connectivity index (χ2v) is 9.08. The smallest absolute Gasteiger partial charge is 0.253 e. The van der Waals surface area contributed by atoms with Crippen molar-refractivity contribution in [2.24, 2.45) is 0 Å². The van der Waals surface area contributed by atoms with E-state index in [1.807, 2.05) is 37.3 Å². The zero-order chi connectivity index (χ0) is 19.1. The van der Waals surface area contributed by atoms with E-state index < -0.39 is 15.9 Å². The third-order valence-electron chi connectivity index (χ3n) is 5.31. The Hall–Kier alpha value is -2.22. The van der Waals surface area contributed by atoms with Gasteiger partial charge in [0.05, 0.1) is 11.2 Å². The van der Waals surface area contributed by atoms with Crippen molar-refractivity contribution in [2.75, 3.05) is 25.0 Å². The number of rotatable bonds is 1. The van der Waals surface area contributed by atoms with E-state index in [-0.39, 0.29) is 10.8 Å². The Morgan fingerprint density at radius 1 is 1.19 bits per heavy atom. The second kappa shape index (κ2) is 6.74. The first kappa shape index (κ1) is 18.2. The van der Waals surface area contributed by atoms with Crippen LogP contribution in [0.2, 0.25) is 0 Å². The van der Waals surface area contributed by atoms with Crippen molar-refractivity contribution in [1.82, 2.24) is 9.62 Å². The van der Waals surface area contributed by atoms with Gasteiger partial charge in [-0.2, -0.15) is 0 Å². The van der Waals surface area contributed by atoms with Crippen LogP contribution in [0.4, 0.5) is 5.69 Å². The maximum absolute atomic E-state index is 12.9. The molecule has 2 heterocycles. The highest BCUT2D eigenvalue weighted by molar-refractivity contribution is 7.96. The van der Waals surface area contributed by atoms with Gasteiger partial charge in [0.15, 0.2) is 15.3 Å². The number of para-hydroxylation sites is 1. The van der Waals surface area contributed by atoms with Crippen LogP contribution < -0.4 is 10.0 Å². The van der Waals surface area contributed by atoms with E-state index in [1.54, 1.807) is 23.1 Å². The molecule has 1 fully saturated rings. The highest BCUT2D eigenvalue weighted by Crippen LogP contribution is 2.33. The zero-order valence-corrected chi connectivity index (χ0v) is 16.1. The van der Waals surface area contributed by atoms with Crippen LogP contribution in [0.15, 0.2) is 53.4 Å². The van der Waals surface area contributed by atoms with Crippen LogP contribution in [0.5, 0.6) is 0 Å². The van der Waals surface area contributed by atoms with Crippen molar-refractivity contribution in [3.05, 3.63) is 59.7 Å². The Morgan fingerprint density at radius 3 is 2.70 bits per heavy atom. The standard InChI is InChI=1S/C20H23N3O3S/c1-15-7-9-16(10-8-15)19(24)23-12-4-11-20(14-23)13-21-17-5-2-3-6-18(17)27(25,26)22-20/h2-3,5-10H,4,11-14H2,1H3,(H2-,21,22,25,26). The average molecular weight is 385 g/mol. The SMILES string of the molecule is Cc1ccc(C(=O)N2CCCC3(CNc4ccccc4[S+](=O)([O-])N3)C2)cc1. The molecule has 0 aromatic heterocycles. The number of likely N-dealkylation sites (tertiary alicyclic amines) is 1. The fourth-order valence-electron chi connectivity index (χ4n) is 3.90. The van der Waals surface area contributed by atoms with E-state index in [0.29, 0.717) is 37.3 Å². The van der Waals surface area contributed by atoms with Gasteiger partial charge >= 0.3 is 0 Å². The molecule has 2 aliphatic rings. The maximum atomic E-state index is 12.9. The largest absolute Gasteiger partial charge is 0.593 e. The van der Waals surface area contributed by atoms with Crippen molar-refractivity contribution in [2.45, 2.75) is 30.2 Å². The summed E-state index contributed by atoms with van der Waals surface area (Å²) in [6.07, 6.45) is 1.43. The molecule has 0 saturated carbocycles. The number of hydrogen-bond donors (Lipinski definition) is 2. The van der Waals surface area contributed by atoms with Gasteiger partial charge in [0.25, 0.3) is 5.91 Å². The van der Waals surface area contributed by atoms with Crippen LogP contribution >= 0.6 is 0 Å². The first-order chi connectivity index (χ1) is 12.9. The first-order valence-corrected chi connectivity index (χ1v) is 10.6. The molecule has 2 N–H and O–H groups in total. The van der Waals surface area contributed by atoms with Gasteiger partial charge in [-0.3, -0.25) is 4.79 Å². The van der Waals surface area contributed by atoms with E-state index in [2.05, 4.69) is 10.0 Å². The van der Waals surface area contributed by atoms with E-state index in [9.17, 15) is 13.6 Å². The summed E-state index contributed by atoms with van der Waals surface area (Å²) in [4.78, 5) is 14.9. The molecule has 1 amide bonds. The van der Waals surface area contributed by atoms with Crippen molar-refractivity contribution >= 4 is 22.0 Å². The number of sulfonamides is 1. The Morgan fingerprint density at radius 2 is 1.93 bits per heavy atom. The lowest BCUT2D eigenvalue weighted by Gasteiger charge is -2.42. The molecule has 2 unspecified atom stereocenters. The summed E-state index contributed by atoms with van der Waals surface area (Å²) in [6.45, 7) is 3.40. The second-order valence-electron chi connectivity index (χ2n) is 7.43. The van der Waals surface area contributed by atoms with E-state index in [0.717, 1.165) is 12.0 Å². The van der Waals surface area contributed by atoms with E-state index >= 15 is 0 Å². The lowest BCUT2D eigenvalue weighted by Crippen LogP contribution is -2.63. The third-order valence-corrected chi connectivity index (χ3v) is 6.94. The van der Waals surface area contributed by atoms with Crippen molar-refractivity contribution in [3.8, 4) is 0 Å². The summed E-state index contributed by atoms with van der Waals surface area (Å²) in [5.41, 5.74) is 1.62. The van der Waals surface area contributed by atoms with Crippen LogP contribution in [-0.4, -0.2) is 40.5 Å². The summed E-state index contributed by atoms with van der Waals surface area (Å²) in [5.74, 6) is -0.0602. The van der Waals surface area contributed by atoms with Crippen LogP contribution in [0, 0.1) is 6.92 Å². The molecule has 2 aromatic carbocycles. The summed E-state index contributed by atoms with van der Waals surface area (Å²) < 4.78 is 28.7. The summed E-state index contributed by atoms with van der Waals surface area (Å²) in [6, 6.07) is 14.4. The van der Waals surface area contributed by atoms with Crippen LogP contribution in [0.3, 0.4) is 0 Å². The molecule has 2 aliphatic heterocycles. The molecule has 4 rings (SSSR count). The fraction of sp³-hybridized carbons (Fsp3) is 0.350. The van der Waals surface area contributed by atoms with Gasteiger partial charge in [-0.1, -0.05) is 34.0 Å². The van der Waals surface area contributed by atoms with E-state index in [4.69, 9.17) is 0 Å². The fourth-order valence-corrected chi connectivity index (χ4v) is 5.51. The third kappa shape index (κ3) is 3.50. The highest BCUT2D eigenvalue weighted by atomic mass is 32.3. The van der Waals surface area contributed by atoms with Gasteiger partial charge in [0.2, 0.25) is 0 Å². The average Bonchev–Trinajstić information content (AvgIpc) is 2.76. The molecule has 1 spiro atoms. The predicted molar refractivity (Wildman–Crippen MR) is 104 cm³/mol. The number of aryl methyl sites for hydroxylation is 1. The molecule has 2 atom stereocenters. The van der Waals surface area contributed by atoms with Gasteiger partial charge in [0.1, 0.15) is 0 Å². The minimum absolute atomic E-state index is 0.0602. The lowest BCUT2D eigenvalue weighted by molar-refractivity contribution is 0.0636. The molecule has 2 aromatic rings. The van der Waals surface area contributed by atoms with Crippen LogP contribution in [-0.2, 0) is 14.6 Å². The number of amides is 1. The molecule has 6 nitrogen and oxygen atoms in total. The number of nitrogens with one attached hydrogen (secondary N) is 2. The summed E-state index contributed by atoms with van der Waals surface area (Å²) in [7, 11) is -3.66. The molecule has 27 heavy (non-hydrogen) atoms. The molecule has 142 valence electrons. The highest BCUT2D eigenvalue weighted by Gasteiger charge is 2.45. The molecule has 0 bridgehead atoms. The Bertz CT molecular complexity index is 915. The Labute approximate surface area is 160 Å². The van der Waals surface area contributed by atoms with E-state index in [1.165, 1.54) is 0 Å². The van der Waals surface area contributed by atoms with Gasteiger partial charge < -0.3 is 14.8 Å².